The minimum Gasteiger partial charge on any atom is -0.302 e. The summed E-state index contributed by atoms with van der Waals surface area (Å²) in [4.78, 5) is 18.1. The highest BCUT2D eigenvalue weighted by Crippen LogP contribution is 2.40. The summed E-state index contributed by atoms with van der Waals surface area (Å²) in [6.07, 6.45) is 11.6. The largest absolute Gasteiger partial charge is 0.302 e. The third-order valence-corrected chi connectivity index (χ3v) is 11.1. The van der Waals surface area contributed by atoms with Crippen molar-refractivity contribution in [3.05, 3.63) is 206 Å². The van der Waals surface area contributed by atoms with E-state index in [9.17, 15) is 0 Å². The molecule has 0 aliphatic carbocycles. The Morgan fingerprint density at radius 2 is 1.04 bits per heavy atom. The van der Waals surface area contributed by atoms with Crippen LogP contribution in [-0.4, -0.2) is 15.0 Å². The molecule has 2 aromatic heterocycles. The van der Waals surface area contributed by atoms with Crippen LogP contribution in [0.25, 0.3) is 88.6 Å². The van der Waals surface area contributed by atoms with Gasteiger partial charge in [0.15, 0.2) is 5.82 Å². The first-order valence-electron chi connectivity index (χ1n) is 19.1. The molecule has 0 saturated heterocycles. The van der Waals surface area contributed by atoms with E-state index in [2.05, 4.69) is 199 Å². The lowest BCUT2D eigenvalue weighted by Crippen LogP contribution is -2.22. The minimum atomic E-state index is 0.691. The topological polar surface area (TPSA) is 41.9 Å². The fraction of sp³-hybridized carbons (Fsp3) is 0.0192. The van der Waals surface area contributed by atoms with E-state index in [0.717, 1.165) is 62.7 Å². The number of allylic oxidation sites excluding steroid dienone is 4. The van der Waals surface area contributed by atoms with Gasteiger partial charge in [-0.3, -0.25) is 0 Å². The molecule has 0 saturated carbocycles. The molecule has 56 heavy (non-hydrogen) atoms. The van der Waals surface area contributed by atoms with Crippen molar-refractivity contribution in [2.24, 2.45) is 0 Å². The average Bonchev–Trinajstić information content (AvgIpc) is 3.28. The van der Waals surface area contributed by atoms with Crippen LogP contribution < -0.4 is 4.90 Å². The lowest BCUT2D eigenvalue weighted by molar-refractivity contribution is 1.03. The molecule has 0 atom stereocenters. The third-order valence-electron chi connectivity index (χ3n) is 11.1. The van der Waals surface area contributed by atoms with Gasteiger partial charge in [0.05, 0.1) is 17.1 Å². The van der Waals surface area contributed by atoms with Crippen LogP contribution in [0.15, 0.2) is 200 Å². The highest BCUT2D eigenvalue weighted by Gasteiger charge is 2.24. The normalized spacial score (nSPS) is 13.2. The van der Waals surface area contributed by atoms with Crippen molar-refractivity contribution in [1.29, 1.82) is 0 Å². The van der Waals surface area contributed by atoms with E-state index in [4.69, 9.17) is 15.0 Å². The van der Waals surface area contributed by atoms with Gasteiger partial charge >= 0.3 is 0 Å². The molecule has 11 rings (SSSR count). The number of aromatic nitrogens is 3. The molecular weight excluding hydrogens is 681 g/mol. The van der Waals surface area contributed by atoms with E-state index in [-0.39, 0.29) is 0 Å². The first-order valence-corrected chi connectivity index (χ1v) is 19.1. The molecule has 262 valence electrons. The van der Waals surface area contributed by atoms with Crippen LogP contribution in [-0.2, 0) is 6.42 Å². The second kappa shape index (κ2) is 13.2. The summed E-state index contributed by atoms with van der Waals surface area (Å²) in [5, 5.41) is 7.11. The van der Waals surface area contributed by atoms with Gasteiger partial charge in [-0.05, 0) is 68.8 Å². The van der Waals surface area contributed by atoms with Crippen LogP contribution >= 0.6 is 0 Å². The van der Waals surface area contributed by atoms with Gasteiger partial charge in [0.25, 0.3) is 0 Å². The minimum absolute atomic E-state index is 0.691. The lowest BCUT2D eigenvalue weighted by Gasteiger charge is -2.30. The lowest BCUT2D eigenvalue weighted by atomic mass is 9.94. The van der Waals surface area contributed by atoms with Crippen LogP contribution in [0.5, 0.6) is 0 Å². The van der Waals surface area contributed by atoms with Crippen LogP contribution in [0.3, 0.4) is 0 Å². The molecule has 2 aliphatic rings. The van der Waals surface area contributed by atoms with Gasteiger partial charge in [-0.15, -0.1) is 0 Å². The Labute approximate surface area is 325 Å². The van der Waals surface area contributed by atoms with Crippen molar-refractivity contribution < 1.29 is 0 Å². The predicted molar refractivity (Wildman–Crippen MR) is 232 cm³/mol. The summed E-state index contributed by atoms with van der Waals surface area (Å²) >= 11 is 0. The van der Waals surface area contributed by atoms with Crippen LogP contribution in [0.2, 0.25) is 0 Å². The SMILES string of the molecule is C1=CC2=CCc3c(nc(-c4ccc(-c5cccc(-c6nc(-c7cccc8ccccc78)cc(-c7cccc8ccccc78)n6)c5)cc4)c4ccccc34)N2C=C1. The molecule has 0 radical (unpaired) electrons. The molecular formula is C52H34N4. The highest BCUT2D eigenvalue weighted by molar-refractivity contribution is 6.01. The fourth-order valence-electron chi connectivity index (χ4n) is 8.36. The Hall–Kier alpha value is -7.43. The van der Waals surface area contributed by atoms with Crippen molar-refractivity contribution in [2.75, 3.05) is 4.90 Å². The summed E-state index contributed by atoms with van der Waals surface area (Å²) in [5.41, 5.74) is 11.6. The number of benzene rings is 7. The molecule has 0 fully saturated rings. The molecule has 0 amide bonds. The first-order chi connectivity index (χ1) is 27.7. The van der Waals surface area contributed by atoms with Gasteiger partial charge in [-0.2, -0.15) is 0 Å². The number of nitrogens with zero attached hydrogens (tertiary/aromatic N) is 4. The summed E-state index contributed by atoms with van der Waals surface area (Å²) in [6, 6.07) is 58.1. The number of rotatable bonds is 5. The zero-order chi connectivity index (χ0) is 37.0. The Bertz CT molecular complexity index is 3010. The summed E-state index contributed by atoms with van der Waals surface area (Å²) < 4.78 is 0. The van der Waals surface area contributed by atoms with Crippen molar-refractivity contribution in [3.63, 3.8) is 0 Å². The molecule has 7 aromatic carbocycles. The monoisotopic (exact) mass is 714 g/mol. The maximum Gasteiger partial charge on any atom is 0.160 e. The molecule has 4 nitrogen and oxygen atoms in total. The zero-order valence-electron chi connectivity index (χ0n) is 30.5. The van der Waals surface area contributed by atoms with Crippen LogP contribution in [0.4, 0.5) is 5.82 Å². The van der Waals surface area contributed by atoms with Crippen molar-refractivity contribution in [1.82, 2.24) is 15.0 Å². The van der Waals surface area contributed by atoms with E-state index in [1.807, 2.05) is 0 Å². The molecule has 0 unspecified atom stereocenters. The van der Waals surface area contributed by atoms with E-state index in [1.54, 1.807) is 0 Å². The highest BCUT2D eigenvalue weighted by atomic mass is 15.2. The fourth-order valence-corrected chi connectivity index (χ4v) is 8.36. The summed E-state index contributed by atoms with van der Waals surface area (Å²) in [6.45, 7) is 0. The maximum atomic E-state index is 5.34. The molecule has 0 spiro atoms. The molecule has 4 heterocycles. The molecule has 9 aromatic rings. The van der Waals surface area contributed by atoms with Crippen molar-refractivity contribution in [3.8, 4) is 56.3 Å². The molecule has 2 aliphatic heterocycles. The molecule has 4 heteroatoms. The predicted octanol–water partition coefficient (Wildman–Crippen LogP) is 13.0. The second-order valence-corrected chi connectivity index (χ2v) is 14.4. The smallest absolute Gasteiger partial charge is 0.160 e. The second-order valence-electron chi connectivity index (χ2n) is 14.4. The number of hydrogen-bond donors (Lipinski definition) is 0. The van der Waals surface area contributed by atoms with Gasteiger partial charge in [0.2, 0.25) is 0 Å². The number of hydrogen-bond acceptors (Lipinski definition) is 4. The number of pyridine rings is 1. The van der Waals surface area contributed by atoms with Crippen molar-refractivity contribution in [2.45, 2.75) is 6.42 Å². The zero-order valence-corrected chi connectivity index (χ0v) is 30.5. The first kappa shape index (κ1) is 32.0. The number of fused-ring (bicyclic) bond motifs is 7. The van der Waals surface area contributed by atoms with Gasteiger partial charge in [0, 0.05) is 45.1 Å². The van der Waals surface area contributed by atoms with E-state index < -0.39 is 0 Å². The Morgan fingerprint density at radius 3 is 1.75 bits per heavy atom. The average molecular weight is 715 g/mol. The summed E-state index contributed by atoms with van der Waals surface area (Å²) in [7, 11) is 0. The summed E-state index contributed by atoms with van der Waals surface area (Å²) in [5.74, 6) is 1.69. The van der Waals surface area contributed by atoms with Gasteiger partial charge in [-0.1, -0.05) is 164 Å². The van der Waals surface area contributed by atoms with Crippen LogP contribution in [0, 0.1) is 0 Å². The molecule has 0 bridgehead atoms. The third kappa shape index (κ3) is 5.42. The van der Waals surface area contributed by atoms with Crippen LogP contribution in [0.1, 0.15) is 5.56 Å². The van der Waals surface area contributed by atoms with E-state index >= 15 is 0 Å². The Kier molecular flexibility index (Phi) is 7.52. The van der Waals surface area contributed by atoms with Gasteiger partial charge in [0.1, 0.15) is 5.82 Å². The quantitative estimate of drug-likeness (QED) is 0.178. The molecule has 0 N–H and O–H groups in total. The van der Waals surface area contributed by atoms with Gasteiger partial charge < -0.3 is 4.90 Å². The number of anilines is 1. The Balaban J connectivity index is 1.01. The maximum absolute atomic E-state index is 5.34. The Morgan fingerprint density at radius 1 is 0.446 bits per heavy atom. The van der Waals surface area contributed by atoms with E-state index in [0.29, 0.717) is 5.82 Å². The van der Waals surface area contributed by atoms with Crippen molar-refractivity contribution >= 4 is 38.1 Å². The van der Waals surface area contributed by atoms with Gasteiger partial charge in [-0.25, -0.2) is 15.0 Å². The standard InChI is InChI=1S/C52H34N4/c1-3-19-41-35(12-1)14-10-23-44(41)48-33-49(45-24-11-15-36-13-2-4-20-42(36)45)54-51(53-48)39-17-9-16-38(32-39)34-25-27-37(28-26-34)50-46-22-6-5-21-43(46)47-30-29-40-18-7-8-31-56(40)52(47)55-50/h1-29,31-33H,30H2. The van der Waals surface area contributed by atoms with E-state index in [1.165, 1.54) is 43.6 Å².